The molecule has 0 unspecified atom stereocenters. The van der Waals surface area contributed by atoms with E-state index in [0.717, 1.165) is 22.2 Å². The minimum Gasteiger partial charge on any atom is -0.384 e. The molecule has 0 saturated carbocycles. The molecule has 5 heteroatoms. The van der Waals surface area contributed by atoms with Crippen molar-refractivity contribution in [3.8, 4) is 11.3 Å². The van der Waals surface area contributed by atoms with E-state index in [9.17, 15) is 0 Å². The fraction of sp³-hybridized carbons (Fsp3) is 0.0714. The van der Waals surface area contributed by atoms with Crippen LogP contribution in [0.15, 0.2) is 36.4 Å². The van der Waals surface area contributed by atoms with E-state index in [1.807, 2.05) is 37.3 Å². The molecule has 5 nitrogen and oxygen atoms in total. The molecule has 0 saturated heterocycles. The van der Waals surface area contributed by atoms with Crippen LogP contribution < -0.4 is 11.5 Å². The number of aromatic nitrogens is 3. The van der Waals surface area contributed by atoms with Gasteiger partial charge < -0.3 is 11.5 Å². The third-order valence-electron chi connectivity index (χ3n) is 2.89. The van der Waals surface area contributed by atoms with Gasteiger partial charge in [-0.05, 0) is 25.1 Å². The summed E-state index contributed by atoms with van der Waals surface area (Å²) in [4.78, 5) is 12.5. The second-order valence-electron chi connectivity index (χ2n) is 4.40. The van der Waals surface area contributed by atoms with Crippen molar-refractivity contribution >= 4 is 22.7 Å². The summed E-state index contributed by atoms with van der Waals surface area (Å²) in [5.74, 6) is 0.543. The number of rotatable bonds is 1. The Balaban J connectivity index is 2.17. The molecule has 2 heterocycles. The first-order valence-electron chi connectivity index (χ1n) is 5.90. The fourth-order valence-electron chi connectivity index (χ4n) is 2.02. The first-order valence-corrected chi connectivity index (χ1v) is 5.90. The molecule has 0 amide bonds. The highest BCUT2D eigenvalue weighted by Crippen LogP contribution is 2.23. The van der Waals surface area contributed by atoms with Crippen molar-refractivity contribution in [2.24, 2.45) is 0 Å². The lowest BCUT2D eigenvalue weighted by atomic mass is 10.1. The van der Waals surface area contributed by atoms with Crippen LogP contribution >= 0.6 is 0 Å². The predicted molar refractivity (Wildman–Crippen MR) is 76.3 cm³/mol. The van der Waals surface area contributed by atoms with Crippen molar-refractivity contribution in [1.29, 1.82) is 0 Å². The number of fused-ring (bicyclic) bond motifs is 1. The van der Waals surface area contributed by atoms with Gasteiger partial charge in [0.25, 0.3) is 0 Å². The molecule has 0 atom stereocenters. The van der Waals surface area contributed by atoms with Crippen molar-refractivity contribution in [2.45, 2.75) is 6.92 Å². The average molecular weight is 251 g/mol. The Morgan fingerprint density at radius 2 is 1.74 bits per heavy atom. The monoisotopic (exact) mass is 251 g/mol. The van der Waals surface area contributed by atoms with E-state index in [4.69, 9.17) is 11.5 Å². The molecule has 3 rings (SSSR count). The van der Waals surface area contributed by atoms with Gasteiger partial charge >= 0.3 is 0 Å². The quantitative estimate of drug-likeness (QED) is 0.691. The summed E-state index contributed by atoms with van der Waals surface area (Å²) in [6.45, 7) is 1.97. The summed E-state index contributed by atoms with van der Waals surface area (Å²) in [5, 5.41) is 1.05. The number of benzene rings is 1. The number of anilines is 2. The van der Waals surface area contributed by atoms with Crippen molar-refractivity contribution in [1.82, 2.24) is 15.0 Å². The molecule has 19 heavy (non-hydrogen) atoms. The molecule has 0 bridgehead atoms. The molecule has 0 aliphatic rings. The summed E-state index contributed by atoms with van der Waals surface area (Å²) in [6, 6.07) is 11.7. The molecule has 0 radical (unpaired) electrons. The number of nitrogen functional groups attached to an aromatic ring is 2. The molecule has 0 aliphatic heterocycles. The molecule has 0 fully saturated rings. The van der Waals surface area contributed by atoms with Crippen LogP contribution in [0.5, 0.6) is 0 Å². The van der Waals surface area contributed by atoms with E-state index < -0.39 is 0 Å². The van der Waals surface area contributed by atoms with Gasteiger partial charge in [-0.25, -0.2) is 4.98 Å². The lowest BCUT2D eigenvalue weighted by Crippen LogP contribution is -2.00. The van der Waals surface area contributed by atoms with E-state index in [-0.39, 0.29) is 5.95 Å². The highest BCUT2D eigenvalue weighted by Gasteiger charge is 2.05. The molecular weight excluding hydrogens is 238 g/mol. The molecule has 2 aromatic heterocycles. The molecule has 94 valence electrons. The zero-order valence-corrected chi connectivity index (χ0v) is 10.5. The summed E-state index contributed by atoms with van der Waals surface area (Å²) in [7, 11) is 0. The van der Waals surface area contributed by atoms with Gasteiger partial charge in [-0.15, -0.1) is 0 Å². The number of hydrogen-bond acceptors (Lipinski definition) is 5. The summed E-state index contributed by atoms with van der Waals surface area (Å²) < 4.78 is 0. The van der Waals surface area contributed by atoms with E-state index in [1.165, 1.54) is 0 Å². The van der Waals surface area contributed by atoms with Crippen LogP contribution in [-0.2, 0) is 0 Å². The third-order valence-corrected chi connectivity index (χ3v) is 2.89. The SMILES string of the molecule is Cc1ccc2cc(-c3cc(N)nc(N)n3)ccc2n1. The number of aryl methyl sites for hydroxylation is 1. The van der Waals surface area contributed by atoms with Crippen molar-refractivity contribution in [3.63, 3.8) is 0 Å². The summed E-state index contributed by atoms with van der Waals surface area (Å²) >= 11 is 0. The van der Waals surface area contributed by atoms with Crippen LogP contribution in [0.25, 0.3) is 22.2 Å². The molecule has 3 aromatic rings. The topological polar surface area (TPSA) is 90.7 Å². The van der Waals surface area contributed by atoms with Gasteiger partial charge in [-0.2, -0.15) is 4.98 Å². The van der Waals surface area contributed by atoms with Gasteiger partial charge in [-0.1, -0.05) is 12.1 Å². The zero-order valence-electron chi connectivity index (χ0n) is 10.5. The van der Waals surface area contributed by atoms with Crippen LogP contribution in [-0.4, -0.2) is 15.0 Å². The predicted octanol–water partition coefficient (Wildman–Crippen LogP) is 2.16. The van der Waals surface area contributed by atoms with Crippen LogP contribution in [0.2, 0.25) is 0 Å². The number of nitrogens with two attached hydrogens (primary N) is 2. The highest BCUT2D eigenvalue weighted by atomic mass is 15.0. The second kappa shape index (κ2) is 4.20. The van der Waals surface area contributed by atoms with Crippen LogP contribution in [0.3, 0.4) is 0 Å². The van der Waals surface area contributed by atoms with Gasteiger partial charge in [0.1, 0.15) is 5.82 Å². The number of hydrogen-bond donors (Lipinski definition) is 2. The second-order valence-corrected chi connectivity index (χ2v) is 4.40. The van der Waals surface area contributed by atoms with Gasteiger partial charge in [0.2, 0.25) is 5.95 Å². The van der Waals surface area contributed by atoms with E-state index >= 15 is 0 Å². The average Bonchev–Trinajstić information content (AvgIpc) is 2.37. The highest BCUT2D eigenvalue weighted by molar-refractivity contribution is 5.84. The lowest BCUT2D eigenvalue weighted by molar-refractivity contribution is 1.20. The van der Waals surface area contributed by atoms with Gasteiger partial charge in [0, 0.05) is 22.7 Å². The normalized spacial score (nSPS) is 10.8. The minimum atomic E-state index is 0.178. The van der Waals surface area contributed by atoms with Crippen LogP contribution in [0, 0.1) is 6.92 Å². The van der Waals surface area contributed by atoms with Crippen molar-refractivity contribution in [3.05, 3.63) is 42.1 Å². The molecule has 1 aromatic carbocycles. The molecule has 0 aliphatic carbocycles. The zero-order chi connectivity index (χ0) is 13.4. The third kappa shape index (κ3) is 2.18. The first kappa shape index (κ1) is 11.4. The van der Waals surface area contributed by atoms with Crippen LogP contribution in [0.4, 0.5) is 11.8 Å². The standard InChI is InChI=1S/C14H13N5/c1-8-2-3-9-6-10(4-5-11(9)17-8)12-7-13(15)19-14(16)18-12/h2-7H,1H3,(H4,15,16,18,19). The van der Waals surface area contributed by atoms with Crippen molar-refractivity contribution in [2.75, 3.05) is 11.5 Å². The molecular formula is C14H13N5. The number of nitrogens with zero attached hydrogens (tertiary/aromatic N) is 3. The minimum absolute atomic E-state index is 0.178. The van der Waals surface area contributed by atoms with Gasteiger partial charge in [0.05, 0.1) is 11.2 Å². The summed E-state index contributed by atoms with van der Waals surface area (Å²) in [5.41, 5.74) is 14.9. The maximum Gasteiger partial charge on any atom is 0.222 e. The Bertz CT molecular complexity index is 747. The Kier molecular flexibility index (Phi) is 2.52. The van der Waals surface area contributed by atoms with Gasteiger partial charge in [-0.3, -0.25) is 4.98 Å². The lowest BCUT2D eigenvalue weighted by Gasteiger charge is -2.05. The Morgan fingerprint density at radius 1 is 0.895 bits per heavy atom. The first-order chi connectivity index (χ1) is 9.11. The largest absolute Gasteiger partial charge is 0.384 e. The van der Waals surface area contributed by atoms with E-state index in [0.29, 0.717) is 11.5 Å². The number of pyridine rings is 1. The Morgan fingerprint density at radius 3 is 2.53 bits per heavy atom. The Labute approximate surface area is 110 Å². The van der Waals surface area contributed by atoms with Crippen LogP contribution in [0.1, 0.15) is 5.69 Å². The van der Waals surface area contributed by atoms with Gasteiger partial charge in [0.15, 0.2) is 0 Å². The van der Waals surface area contributed by atoms with Crippen molar-refractivity contribution < 1.29 is 0 Å². The maximum absolute atomic E-state index is 5.69. The summed E-state index contributed by atoms with van der Waals surface area (Å²) in [6.07, 6.45) is 0. The van der Waals surface area contributed by atoms with E-state index in [1.54, 1.807) is 6.07 Å². The smallest absolute Gasteiger partial charge is 0.222 e. The fourth-order valence-corrected chi connectivity index (χ4v) is 2.02. The Hall–Kier alpha value is -2.69. The van der Waals surface area contributed by atoms with E-state index in [2.05, 4.69) is 15.0 Å². The molecule has 4 N–H and O–H groups in total. The maximum atomic E-state index is 5.69. The molecule has 0 spiro atoms.